The topological polar surface area (TPSA) is 58.6 Å². The highest BCUT2D eigenvalue weighted by Crippen LogP contribution is 2.19. The van der Waals surface area contributed by atoms with Crippen LogP contribution in [-0.4, -0.2) is 31.3 Å². The lowest BCUT2D eigenvalue weighted by molar-refractivity contribution is 0.0595. The number of esters is 1. The lowest BCUT2D eigenvalue weighted by Crippen LogP contribution is -2.26. The van der Waals surface area contributed by atoms with Crippen molar-refractivity contribution < 1.29 is 19.0 Å². The van der Waals surface area contributed by atoms with E-state index in [0.717, 1.165) is 0 Å². The molecule has 0 unspecified atom stereocenters. The molecule has 0 aromatic heterocycles. The maximum atomic E-state index is 13.4. The van der Waals surface area contributed by atoms with Gasteiger partial charge in [-0.25, -0.2) is 9.18 Å². The van der Waals surface area contributed by atoms with Gasteiger partial charge in [-0.1, -0.05) is 13.8 Å². The summed E-state index contributed by atoms with van der Waals surface area (Å²) in [5, 5.41) is 12.2. The Morgan fingerprint density at radius 3 is 2.72 bits per heavy atom. The van der Waals surface area contributed by atoms with E-state index in [2.05, 4.69) is 10.1 Å². The Balaban J connectivity index is 2.83. The number of ether oxygens (including phenoxy) is 1. The monoisotopic (exact) mass is 255 g/mol. The van der Waals surface area contributed by atoms with Gasteiger partial charge in [0.1, 0.15) is 5.82 Å². The van der Waals surface area contributed by atoms with Gasteiger partial charge in [0.05, 0.1) is 12.7 Å². The quantitative estimate of drug-likeness (QED) is 0.790. The summed E-state index contributed by atoms with van der Waals surface area (Å²) in [6, 6.07) is 4.14. The third-order valence-corrected chi connectivity index (χ3v) is 2.57. The Labute approximate surface area is 106 Å². The molecule has 0 aliphatic carbocycles. The smallest absolute Gasteiger partial charge is 0.340 e. The number of benzene rings is 1. The molecule has 5 heteroatoms. The molecule has 1 aromatic carbocycles. The third-order valence-electron chi connectivity index (χ3n) is 2.57. The molecule has 4 nitrogen and oxygen atoms in total. The van der Waals surface area contributed by atoms with Crippen LogP contribution in [-0.2, 0) is 4.74 Å². The van der Waals surface area contributed by atoms with Gasteiger partial charge in [0.2, 0.25) is 0 Å². The molecular weight excluding hydrogens is 237 g/mol. The lowest BCUT2D eigenvalue weighted by Gasteiger charge is -2.22. The molecule has 0 heterocycles. The number of aliphatic hydroxyl groups is 1. The molecule has 0 atom stereocenters. The first-order chi connectivity index (χ1) is 8.39. The zero-order valence-electron chi connectivity index (χ0n) is 10.8. The maximum absolute atomic E-state index is 13.4. The zero-order valence-corrected chi connectivity index (χ0v) is 10.8. The van der Waals surface area contributed by atoms with Gasteiger partial charge in [0.15, 0.2) is 0 Å². The predicted octanol–water partition coefficient (Wildman–Crippen LogP) is 2.04. The molecule has 2 N–H and O–H groups in total. The normalized spacial score (nSPS) is 11.2. The van der Waals surface area contributed by atoms with Gasteiger partial charge in [0.25, 0.3) is 0 Å². The molecule has 0 fully saturated rings. The summed E-state index contributed by atoms with van der Waals surface area (Å²) >= 11 is 0. The van der Waals surface area contributed by atoms with Crippen LogP contribution >= 0.6 is 0 Å². The van der Waals surface area contributed by atoms with Crippen molar-refractivity contribution in [1.82, 2.24) is 0 Å². The van der Waals surface area contributed by atoms with Crippen molar-refractivity contribution in [2.45, 2.75) is 13.8 Å². The second kappa shape index (κ2) is 5.82. The second-order valence-electron chi connectivity index (χ2n) is 4.86. The van der Waals surface area contributed by atoms with Gasteiger partial charge < -0.3 is 15.2 Å². The summed E-state index contributed by atoms with van der Waals surface area (Å²) < 4.78 is 17.9. The number of hydrogen-bond acceptors (Lipinski definition) is 4. The van der Waals surface area contributed by atoms with Crippen LogP contribution in [0, 0.1) is 11.2 Å². The van der Waals surface area contributed by atoms with Crippen molar-refractivity contribution in [3.05, 3.63) is 29.6 Å². The van der Waals surface area contributed by atoms with Crippen molar-refractivity contribution in [2.75, 3.05) is 25.6 Å². The average Bonchev–Trinajstić information content (AvgIpc) is 2.37. The standard InChI is InChI=1S/C13H18FNO3/c1-13(2,8-16)7-15-9-4-5-11(14)10(6-9)12(17)18-3/h4-6,15-16H,7-8H2,1-3H3. The summed E-state index contributed by atoms with van der Waals surface area (Å²) in [6.07, 6.45) is 0. The molecule has 1 aromatic rings. The molecule has 0 radical (unpaired) electrons. The summed E-state index contributed by atoms with van der Waals surface area (Å²) in [7, 11) is 1.21. The Bertz CT molecular complexity index is 432. The van der Waals surface area contributed by atoms with Crippen molar-refractivity contribution in [3.8, 4) is 0 Å². The Kier molecular flexibility index (Phi) is 4.67. The van der Waals surface area contributed by atoms with Gasteiger partial charge in [-0.3, -0.25) is 0 Å². The fourth-order valence-corrected chi connectivity index (χ4v) is 1.30. The van der Waals surface area contributed by atoms with E-state index in [0.29, 0.717) is 12.2 Å². The van der Waals surface area contributed by atoms with Gasteiger partial charge >= 0.3 is 5.97 Å². The predicted molar refractivity (Wildman–Crippen MR) is 67.1 cm³/mol. The minimum Gasteiger partial charge on any atom is -0.465 e. The van der Waals surface area contributed by atoms with E-state index in [1.807, 2.05) is 13.8 Å². The first-order valence-electron chi connectivity index (χ1n) is 5.62. The largest absolute Gasteiger partial charge is 0.465 e. The van der Waals surface area contributed by atoms with E-state index in [-0.39, 0.29) is 17.6 Å². The molecule has 0 aliphatic heterocycles. The van der Waals surface area contributed by atoms with Gasteiger partial charge in [-0.2, -0.15) is 0 Å². The Hall–Kier alpha value is -1.62. The summed E-state index contributed by atoms with van der Waals surface area (Å²) in [6.45, 7) is 4.33. The number of hydrogen-bond donors (Lipinski definition) is 2. The third kappa shape index (κ3) is 3.70. The first kappa shape index (κ1) is 14.4. The van der Waals surface area contributed by atoms with Crippen LogP contribution in [0.2, 0.25) is 0 Å². The molecular formula is C13H18FNO3. The number of aliphatic hydroxyl groups excluding tert-OH is 1. The van der Waals surface area contributed by atoms with Gasteiger partial charge in [0, 0.05) is 24.3 Å². The van der Waals surface area contributed by atoms with E-state index in [9.17, 15) is 9.18 Å². The number of nitrogens with one attached hydrogen (secondary N) is 1. The Morgan fingerprint density at radius 2 is 2.17 bits per heavy atom. The molecule has 0 aliphatic rings. The molecule has 0 amide bonds. The molecule has 0 spiro atoms. The summed E-state index contributed by atoms with van der Waals surface area (Å²) in [5.74, 6) is -1.33. The number of halogens is 1. The fraction of sp³-hybridized carbons (Fsp3) is 0.462. The summed E-state index contributed by atoms with van der Waals surface area (Å²) in [5.41, 5.74) is 0.211. The highest BCUT2D eigenvalue weighted by molar-refractivity contribution is 5.90. The van der Waals surface area contributed by atoms with Crippen molar-refractivity contribution >= 4 is 11.7 Å². The fourth-order valence-electron chi connectivity index (χ4n) is 1.30. The molecule has 18 heavy (non-hydrogen) atoms. The van der Waals surface area contributed by atoms with Crippen LogP contribution in [0.1, 0.15) is 24.2 Å². The molecule has 1 rings (SSSR count). The molecule has 0 bridgehead atoms. The van der Waals surface area contributed by atoms with Crippen LogP contribution < -0.4 is 5.32 Å². The SMILES string of the molecule is COC(=O)c1cc(NCC(C)(C)CO)ccc1F. The molecule has 100 valence electrons. The van der Waals surface area contributed by atoms with Crippen LogP contribution in [0.5, 0.6) is 0 Å². The zero-order chi connectivity index (χ0) is 13.8. The van der Waals surface area contributed by atoms with Gasteiger partial charge in [-0.05, 0) is 18.2 Å². The highest BCUT2D eigenvalue weighted by Gasteiger charge is 2.17. The number of carbonyl (C=O) groups is 1. The van der Waals surface area contributed by atoms with Crippen LogP contribution in [0.25, 0.3) is 0 Å². The highest BCUT2D eigenvalue weighted by atomic mass is 19.1. The molecule has 0 saturated heterocycles. The minimum absolute atomic E-state index is 0.0328. The number of methoxy groups -OCH3 is 1. The van der Waals surface area contributed by atoms with Crippen molar-refractivity contribution in [2.24, 2.45) is 5.41 Å². The van der Waals surface area contributed by atoms with E-state index in [4.69, 9.17) is 5.11 Å². The summed E-state index contributed by atoms with van der Waals surface area (Å²) in [4.78, 5) is 11.3. The number of anilines is 1. The minimum atomic E-state index is -0.711. The van der Waals surface area contributed by atoms with Crippen molar-refractivity contribution in [1.29, 1.82) is 0 Å². The van der Waals surface area contributed by atoms with E-state index in [1.54, 1.807) is 0 Å². The van der Waals surface area contributed by atoms with Crippen LogP contribution in [0.4, 0.5) is 10.1 Å². The first-order valence-corrected chi connectivity index (χ1v) is 5.62. The molecule has 0 saturated carbocycles. The number of rotatable bonds is 5. The van der Waals surface area contributed by atoms with Gasteiger partial charge in [-0.15, -0.1) is 0 Å². The van der Waals surface area contributed by atoms with Crippen molar-refractivity contribution in [3.63, 3.8) is 0 Å². The number of carbonyl (C=O) groups excluding carboxylic acids is 1. The van der Waals surface area contributed by atoms with Crippen LogP contribution in [0.15, 0.2) is 18.2 Å². The maximum Gasteiger partial charge on any atom is 0.340 e. The second-order valence-corrected chi connectivity index (χ2v) is 4.86. The lowest BCUT2D eigenvalue weighted by atomic mass is 9.95. The van der Waals surface area contributed by atoms with E-state index >= 15 is 0 Å². The van der Waals surface area contributed by atoms with E-state index in [1.165, 1.54) is 25.3 Å². The van der Waals surface area contributed by atoms with Crippen LogP contribution in [0.3, 0.4) is 0 Å². The Morgan fingerprint density at radius 1 is 1.50 bits per heavy atom. The van der Waals surface area contributed by atoms with E-state index < -0.39 is 11.8 Å². The average molecular weight is 255 g/mol.